The van der Waals surface area contributed by atoms with Crippen molar-refractivity contribution in [1.29, 1.82) is 0 Å². The number of nitrogens with zero attached hydrogens (tertiary/aromatic N) is 2. The van der Waals surface area contributed by atoms with Crippen molar-refractivity contribution in [3.63, 3.8) is 0 Å². The lowest BCUT2D eigenvalue weighted by Crippen LogP contribution is -2.14. The number of nitrogens with one attached hydrogen (secondary N) is 2. The molecular weight excluding hydrogens is 460 g/mol. The summed E-state index contributed by atoms with van der Waals surface area (Å²) >= 11 is 0. The molecule has 0 atom stereocenters. The normalized spacial score (nSPS) is 10.6. The van der Waals surface area contributed by atoms with Crippen molar-refractivity contribution < 1.29 is 23.2 Å². The van der Waals surface area contributed by atoms with E-state index in [0.29, 0.717) is 34.5 Å². The molecule has 0 aliphatic rings. The maximum atomic E-state index is 12.8. The Balaban J connectivity index is 1.20. The molecule has 0 spiro atoms. The number of amides is 2. The number of ether oxygens (including phenoxy) is 1. The molecule has 0 aliphatic heterocycles. The minimum Gasteiger partial charge on any atom is -0.484 e. The molecule has 2 N–H and O–H groups in total. The molecule has 0 radical (unpaired) electrons. The summed E-state index contributed by atoms with van der Waals surface area (Å²) in [6.07, 6.45) is 1.42. The van der Waals surface area contributed by atoms with Crippen LogP contribution in [0.5, 0.6) is 5.75 Å². The lowest BCUT2D eigenvalue weighted by Gasteiger charge is -2.09. The van der Waals surface area contributed by atoms with E-state index in [2.05, 4.69) is 20.8 Å². The Morgan fingerprint density at radius 2 is 1.56 bits per heavy atom. The second kappa shape index (κ2) is 10.4. The third kappa shape index (κ3) is 5.48. The highest BCUT2D eigenvalue weighted by Gasteiger charge is 2.12. The summed E-state index contributed by atoms with van der Waals surface area (Å²) < 4.78 is 16.5. The van der Waals surface area contributed by atoms with Gasteiger partial charge in [-0.3, -0.25) is 9.59 Å². The average molecular weight is 480 g/mol. The number of rotatable bonds is 8. The van der Waals surface area contributed by atoms with E-state index < -0.39 is 5.91 Å². The summed E-state index contributed by atoms with van der Waals surface area (Å²) in [6, 6.07) is 26.2. The molecular formula is C27H20N4O5. The Labute approximate surface area is 205 Å². The molecule has 5 rings (SSSR count). The summed E-state index contributed by atoms with van der Waals surface area (Å²) in [5.41, 5.74) is 2.21. The van der Waals surface area contributed by atoms with Crippen LogP contribution in [0.3, 0.4) is 0 Å². The predicted molar refractivity (Wildman–Crippen MR) is 132 cm³/mol. The van der Waals surface area contributed by atoms with Gasteiger partial charge in [-0.2, -0.15) is 0 Å². The number of carbonyl (C=O) groups is 2. The molecule has 0 saturated heterocycles. The highest BCUT2D eigenvalue weighted by molar-refractivity contribution is 6.06. The number of benzene rings is 3. The van der Waals surface area contributed by atoms with Crippen LogP contribution < -0.4 is 15.4 Å². The minimum atomic E-state index is -0.403. The number of hydrogen-bond acceptors (Lipinski definition) is 7. The first-order valence-corrected chi connectivity index (χ1v) is 11.0. The van der Waals surface area contributed by atoms with Gasteiger partial charge in [-0.25, -0.2) is 0 Å². The zero-order valence-corrected chi connectivity index (χ0v) is 18.9. The fraction of sp³-hybridized carbons (Fsp3) is 0.0370. The van der Waals surface area contributed by atoms with Gasteiger partial charge in [0, 0.05) is 28.6 Å². The lowest BCUT2D eigenvalue weighted by atomic mass is 10.1. The van der Waals surface area contributed by atoms with E-state index >= 15 is 0 Å². The highest BCUT2D eigenvalue weighted by atomic mass is 16.5. The first-order chi connectivity index (χ1) is 17.6. The zero-order chi connectivity index (χ0) is 24.7. The first kappa shape index (κ1) is 22.6. The molecule has 9 nitrogen and oxygen atoms in total. The van der Waals surface area contributed by atoms with Crippen LogP contribution in [-0.4, -0.2) is 22.0 Å². The standard InChI is InChI=1S/C27H20N4O5/c32-25(19-9-4-10-20(15-19)29-26(33)23-13-6-14-34-23)28-21-11-5-12-22(16-21)35-17-24-30-31-27(36-24)18-7-2-1-3-8-18/h1-16H,17H2,(H,28,32)(H,29,33). The van der Waals surface area contributed by atoms with Crippen molar-refractivity contribution in [1.82, 2.24) is 10.2 Å². The second-order valence-corrected chi connectivity index (χ2v) is 7.65. The van der Waals surface area contributed by atoms with Crippen LogP contribution in [-0.2, 0) is 6.61 Å². The Hall–Kier alpha value is -5.18. The van der Waals surface area contributed by atoms with Crippen LogP contribution in [0.1, 0.15) is 26.8 Å². The van der Waals surface area contributed by atoms with Gasteiger partial charge in [0.15, 0.2) is 12.4 Å². The van der Waals surface area contributed by atoms with Crippen LogP contribution in [0.25, 0.3) is 11.5 Å². The number of anilines is 2. The Morgan fingerprint density at radius 3 is 2.36 bits per heavy atom. The van der Waals surface area contributed by atoms with Crippen LogP contribution >= 0.6 is 0 Å². The van der Waals surface area contributed by atoms with E-state index in [9.17, 15) is 9.59 Å². The first-order valence-electron chi connectivity index (χ1n) is 11.0. The molecule has 178 valence electrons. The third-order valence-corrected chi connectivity index (χ3v) is 5.07. The maximum Gasteiger partial charge on any atom is 0.291 e. The number of hydrogen-bond donors (Lipinski definition) is 2. The average Bonchev–Trinajstić information content (AvgIpc) is 3.61. The summed E-state index contributed by atoms with van der Waals surface area (Å²) in [5, 5.41) is 13.6. The third-order valence-electron chi connectivity index (χ3n) is 5.07. The molecule has 9 heteroatoms. The van der Waals surface area contributed by atoms with Crippen LogP contribution in [0, 0.1) is 0 Å². The molecule has 0 fully saturated rings. The van der Waals surface area contributed by atoms with Crippen LogP contribution in [0.15, 0.2) is 106 Å². The Bertz CT molecular complexity index is 1480. The zero-order valence-electron chi connectivity index (χ0n) is 18.9. The van der Waals surface area contributed by atoms with E-state index in [-0.39, 0.29) is 18.3 Å². The number of carbonyl (C=O) groups excluding carboxylic acids is 2. The monoisotopic (exact) mass is 480 g/mol. The van der Waals surface area contributed by atoms with Crippen molar-refractivity contribution in [2.75, 3.05) is 10.6 Å². The molecule has 0 unspecified atom stereocenters. The van der Waals surface area contributed by atoms with Crippen LogP contribution in [0.4, 0.5) is 11.4 Å². The fourth-order valence-electron chi connectivity index (χ4n) is 3.36. The van der Waals surface area contributed by atoms with Gasteiger partial charge in [0.05, 0.1) is 6.26 Å². The van der Waals surface area contributed by atoms with Crippen LogP contribution in [0.2, 0.25) is 0 Å². The quantitative estimate of drug-likeness (QED) is 0.305. The molecule has 36 heavy (non-hydrogen) atoms. The Kier molecular flexibility index (Phi) is 6.53. The molecule has 2 amide bonds. The maximum absolute atomic E-state index is 12.8. The van der Waals surface area contributed by atoms with Gasteiger partial charge in [-0.1, -0.05) is 30.3 Å². The largest absolute Gasteiger partial charge is 0.484 e. The van der Waals surface area contributed by atoms with E-state index in [4.69, 9.17) is 13.6 Å². The molecule has 0 aliphatic carbocycles. The summed E-state index contributed by atoms with van der Waals surface area (Å²) in [5.74, 6) is 0.699. The topological polar surface area (TPSA) is 119 Å². The molecule has 0 saturated carbocycles. The van der Waals surface area contributed by atoms with Crippen molar-refractivity contribution >= 4 is 23.2 Å². The molecule has 2 aromatic heterocycles. The van der Waals surface area contributed by atoms with E-state index in [0.717, 1.165) is 5.56 Å². The molecule has 0 bridgehead atoms. The lowest BCUT2D eigenvalue weighted by molar-refractivity contribution is 0.0993. The van der Waals surface area contributed by atoms with E-state index in [1.807, 2.05) is 30.3 Å². The number of furan rings is 1. The summed E-state index contributed by atoms with van der Waals surface area (Å²) in [7, 11) is 0. The Morgan fingerprint density at radius 1 is 0.778 bits per heavy atom. The van der Waals surface area contributed by atoms with Gasteiger partial charge in [0.1, 0.15) is 5.75 Å². The predicted octanol–water partition coefficient (Wildman–Crippen LogP) is 5.41. The molecule has 2 heterocycles. The molecule has 3 aromatic carbocycles. The van der Waals surface area contributed by atoms with Crippen molar-refractivity contribution in [2.24, 2.45) is 0 Å². The highest BCUT2D eigenvalue weighted by Crippen LogP contribution is 2.22. The summed E-state index contributed by atoms with van der Waals surface area (Å²) in [4.78, 5) is 25.0. The van der Waals surface area contributed by atoms with Crippen molar-refractivity contribution in [3.05, 3.63) is 114 Å². The van der Waals surface area contributed by atoms with Gasteiger partial charge in [0.25, 0.3) is 17.7 Å². The van der Waals surface area contributed by atoms with E-state index in [1.54, 1.807) is 60.7 Å². The second-order valence-electron chi connectivity index (χ2n) is 7.65. The molecule has 5 aromatic rings. The van der Waals surface area contributed by atoms with Gasteiger partial charge < -0.3 is 24.2 Å². The summed E-state index contributed by atoms with van der Waals surface area (Å²) in [6.45, 7) is 0.0780. The van der Waals surface area contributed by atoms with Gasteiger partial charge >= 0.3 is 0 Å². The number of aromatic nitrogens is 2. The van der Waals surface area contributed by atoms with Crippen molar-refractivity contribution in [2.45, 2.75) is 6.61 Å². The van der Waals surface area contributed by atoms with Crippen molar-refractivity contribution in [3.8, 4) is 17.2 Å². The van der Waals surface area contributed by atoms with Gasteiger partial charge in [0.2, 0.25) is 5.89 Å². The van der Waals surface area contributed by atoms with E-state index in [1.165, 1.54) is 6.26 Å². The minimum absolute atomic E-state index is 0.0780. The SMILES string of the molecule is O=C(Nc1cccc(OCc2nnc(-c3ccccc3)o2)c1)c1cccc(NC(=O)c2ccco2)c1. The van der Waals surface area contributed by atoms with Gasteiger partial charge in [-0.05, 0) is 54.6 Å². The smallest absolute Gasteiger partial charge is 0.291 e. The van der Waals surface area contributed by atoms with Gasteiger partial charge in [-0.15, -0.1) is 10.2 Å². The fourth-order valence-corrected chi connectivity index (χ4v) is 3.36.